The maximum atomic E-state index is 11.6. The fraction of sp³-hybridized carbons (Fsp3) is 0.556. The van der Waals surface area contributed by atoms with Crippen LogP contribution in [0.1, 0.15) is 25.7 Å². The molecule has 1 saturated carbocycles. The van der Waals surface area contributed by atoms with E-state index >= 15 is 0 Å². The van der Waals surface area contributed by atoms with E-state index in [1.165, 1.54) is 0 Å². The molecule has 1 aliphatic carbocycles. The molecule has 0 aromatic heterocycles. The van der Waals surface area contributed by atoms with Gasteiger partial charge in [-0.3, -0.25) is 9.79 Å². The second-order valence-electron chi connectivity index (χ2n) is 6.14. The van der Waals surface area contributed by atoms with Crippen LogP contribution in [0.5, 0.6) is 5.75 Å². The number of guanidine groups is 1. The quantitative estimate of drug-likeness (QED) is 0.240. The van der Waals surface area contributed by atoms with E-state index in [0.29, 0.717) is 37.2 Å². The first-order valence-electron chi connectivity index (χ1n) is 8.68. The fourth-order valence-electron chi connectivity index (χ4n) is 2.30. The van der Waals surface area contributed by atoms with E-state index in [9.17, 15) is 4.79 Å². The van der Waals surface area contributed by atoms with Crippen molar-refractivity contribution in [3.8, 4) is 5.75 Å². The van der Waals surface area contributed by atoms with E-state index in [0.717, 1.165) is 31.0 Å². The Bertz CT molecular complexity index is 579. The van der Waals surface area contributed by atoms with Crippen molar-refractivity contribution in [2.24, 2.45) is 4.99 Å². The average molecular weight is 495 g/mol. The highest BCUT2D eigenvalue weighted by atomic mass is 127. The number of nitrogens with one attached hydrogen (secondary N) is 2. The zero-order valence-corrected chi connectivity index (χ0v) is 18.4. The molecule has 0 atom stereocenters. The van der Waals surface area contributed by atoms with Gasteiger partial charge in [-0.15, -0.1) is 24.0 Å². The van der Waals surface area contributed by atoms with Gasteiger partial charge in [0.05, 0.1) is 6.54 Å². The Hall–Kier alpha value is -1.22. The van der Waals surface area contributed by atoms with Crippen LogP contribution in [0.4, 0.5) is 0 Å². The number of nitrogens with zero attached hydrogens (tertiary/aromatic N) is 2. The van der Waals surface area contributed by atoms with Crippen LogP contribution in [0.25, 0.3) is 0 Å². The van der Waals surface area contributed by atoms with Gasteiger partial charge in [-0.2, -0.15) is 0 Å². The third-order valence-corrected chi connectivity index (χ3v) is 4.14. The van der Waals surface area contributed by atoms with Crippen molar-refractivity contribution in [1.29, 1.82) is 0 Å². The Morgan fingerprint density at radius 2 is 2.04 bits per heavy atom. The van der Waals surface area contributed by atoms with E-state index in [1.54, 1.807) is 19.2 Å². The minimum absolute atomic E-state index is 0. The molecule has 2 rings (SSSR count). The van der Waals surface area contributed by atoms with Gasteiger partial charge < -0.3 is 20.3 Å². The standard InChI is InChI=1S/C18H27ClN4O2.HI/c1-20-18(21-11-3-4-17(24)22-15-7-8-15)23(2)12-13-25-16-9-5-14(19)6-10-16;/h5-6,9-10,15H,3-4,7-8,11-13H2,1-2H3,(H,20,21)(H,22,24);1H. The van der Waals surface area contributed by atoms with Crippen molar-refractivity contribution in [2.75, 3.05) is 33.8 Å². The summed E-state index contributed by atoms with van der Waals surface area (Å²) in [4.78, 5) is 17.9. The predicted molar refractivity (Wildman–Crippen MR) is 117 cm³/mol. The SMILES string of the molecule is CN=C(NCCCC(=O)NC1CC1)N(C)CCOc1ccc(Cl)cc1.I. The molecule has 6 nitrogen and oxygen atoms in total. The number of hydrogen-bond acceptors (Lipinski definition) is 3. The van der Waals surface area contributed by atoms with Crippen LogP contribution < -0.4 is 15.4 Å². The lowest BCUT2D eigenvalue weighted by Gasteiger charge is -2.22. The van der Waals surface area contributed by atoms with Crippen LogP contribution >= 0.6 is 35.6 Å². The Morgan fingerprint density at radius 3 is 2.65 bits per heavy atom. The van der Waals surface area contributed by atoms with E-state index in [2.05, 4.69) is 15.6 Å². The highest BCUT2D eigenvalue weighted by molar-refractivity contribution is 14.0. The van der Waals surface area contributed by atoms with Crippen LogP contribution in [0.3, 0.4) is 0 Å². The Morgan fingerprint density at radius 1 is 1.35 bits per heavy atom. The van der Waals surface area contributed by atoms with Crippen LogP contribution in [-0.4, -0.2) is 56.6 Å². The number of carbonyl (C=O) groups excluding carboxylic acids is 1. The molecule has 1 aliphatic rings. The molecule has 2 N–H and O–H groups in total. The molecule has 26 heavy (non-hydrogen) atoms. The van der Waals surface area contributed by atoms with E-state index in [1.807, 2.05) is 24.1 Å². The van der Waals surface area contributed by atoms with Gasteiger partial charge in [0.15, 0.2) is 5.96 Å². The summed E-state index contributed by atoms with van der Waals surface area (Å²) < 4.78 is 5.69. The van der Waals surface area contributed by atoms with Gasteiger partial charge in [0.2, 0.25) is 5.91 Å². The number of benzene rings is 1. The van der Waals surface area contributed by atoms with Gasteiger partial charge in [-0.25, -0.2) is 0 Å². The fourth-order valence-corrected chi connectivity index (χ4v) is 2.42. The molecule has 1 fully saturated rings. The summed E-state index contributed by atoms with van der Waals surface area (Å²) in [6, 6.07) is 7.74. The zero-order chi connectivity index (χ0) is 18.1. The van der Waals surface area contributed by atoms with Crippen molar-refractivity contribution in [2.45, 2.75) is 31.7 Å². The maximum absolute atomic E-state index is 11.6. The van der Waals surface area contributed by atoms with E-state index in [-0.39, 0.29) is 29.9 Å². The first-order valence-corrected chi connectivity index (χ1v) is 9.06. The van der Waals surface area contributed by atoms with E-state index < -0.39 is 0 Å². The molecule has 1 amide bonds. The summed E-state index contributed by atoms with van der Waals surface area (Å²) in [6.45, 7) is 1.96. The van der Waals surface area contributed by atoms with Crippen molar-refractivity contribution in [3.63, 3.8) is 0 Å². The predicted octanol–water partition coefficient (Wildman–Crippen LogP) is 2.90. The number of ether oxygens (including phenoxy) is 1. The molecule has 0 saturated heterocycles. The van der Waals surface area contributed by atoms with Gasteiger partial charge in [0, 0.05) is 38.1 Å². The molecule has 146 valence electrons. The molecule has 0 spiro atoms. The number of likely N-dealkylation sites (N-methyl/N-ethyl adjacent to an activating group) is 1. The van der Waals surface area contributed by atoms with Crippen molar-refractivity contribution >= 4 is 47.4 Å². The maximum Gasteiger partial charge on any atom is 0.220 e. The van der Waals surface area contributed by atoms with Gasteiger partial charge in [0.25, 0.3) is 0 Å². The topological polar surface area (TPSA) is 66.0 Å². The molecule has 0 radical (unpaired) electrons. The van der Waals surface area contributed by atoms with Gasteiger partial charge in [-0.1, -0.05) is 11.6 Å². The van der Waals surface area contributed by atoms with Crippen LogP contribution in [0.2, 0.25) is 5.02 Å². The first-order chi connectivity index (χ1) is 12.1. The minimum atomic E-state index is 0. The summed E-state index contributed by atoms with van der Waals surface area (Å²) in [5.74, 6) is 1.73. The second-order valence-corrected chi connectivity index (χ2v) is 6.58. The summed E-state index contributed by atoms with van der Waals surface area (Å²) in [5, 5.41) is 6.96. The lowest BCUT2D eigenvalue weighted by molar-refractivity contribution is -0.121. The molecule has 1 aromatic rings. The van der Waals surface area contributed by atoms with Crippen LogP contribution in [-0.2, 0) is 4.79 Å². The first kappa shape index (κ1) is 22.8. The smallest absolute Gasteiger partial charge is 0.220 e. The lowest BCUT2D eigenvalue weighted by Crippen LogP contribution is -2.41. The molecular formula is C18H28ClIN4O2. The number of halogens is 2. The molecule has 0 bridgehead atoms. The Labute approximate surface area is 177 Å². The summed E-state index contributed by atoms with van der Waals surface area (Å²) in [5.41, 5.74) is 0. The number of aliphatic imine (C=N–C) groups is 1. The molecular weight excluding hydrogens is 467 g/mol. The normalized spacial score (nSPS) is 13.6. The summed E-state index contributed by atoms with van der Waals surface area (Å²) >= 11 is 5.85. The number of carbonyl (C=O) groups is 1. The van der Waals surface area contributed by atoms with Crippen LogP contribution in [0, 0.1) is 0 Å². The van der Waals surface area contributed by atoms with Crippen molar-refractivity contribution in [3.05, 3.63) is 29.3 Å². The molecule has 8 heteroatoms. The molecule has 0 heterocycles. The second kappa shape index (κ2) is 12.2. The van der Waals surface area contributed by atoms with E-state index in [4.69, 9.17) is 16.3 Å². The lowest BCUT2D eigenvalue weighted by atomic mass is 10.3. The number of hydrogen-bond donors (Lipinski definition) is 2. The van der Waals surface area contributed by atoms with Crippen molar-refractivity contribution in [1.82, 2.24) is 15.5 Å². The monoisotopic (exact) mass is 494 g/mol. The van der Waals surface area contributed by atoms with Crippen LogP contribution in [0.15, 0.2) is 29.3 Å². The van der Waals surface area contributed by atoms with Gasteiger partial charge >= 0.3 is 0 Å². The molecule has 1 aromatic carbocycles. The third-order valence-electron chi connectivity index (χ3n) is 3.89. The highest BCUT2D eigenvalue weighted by Gasteiger charge is 2.22. The largest absolute Gasteiger partial charge is 0.492 e. The van der Waals surface area contributed by atoms with Crippen molar-refractivity contribution < 1.29 is 9.53 Å². The molecule has 0 aliphatic heterocycles. The zero-order valence-electron chi connectivity index (χ0n) is 15.3. The average Bonchev–Trinajstić information content (AvgIpc) is 3.40. The summed E-state index contributed by atoms with van der Waals surface area (Å²) in [6.07, 6.45) is 3.58. The van der Waals surface area contributed by atoms with Gasteiger partial charge in [-0.05, 0) is 43.5 Å². The Balaban J connectivity index is 0.00000338. The Kier molecular flexibility index (Phi) is 10.7. The minimum Gasteiger partial charge on any atom is -0.492 e. The number of amides is 1. The summed E-state index contributed by atoms with van der Waals surface area (Å²) in [7, 11) is 3.71. The molecule has 0 unspecified atom stereocenters. The number of rotatable bonds is 9. The van der Waals surface area contributed by atoms with Gasteiger partial charge in [0.1, 0.15) is 12.4 Å². The third kappa shape index (κ3) is 8.93. The highest BCUT2D eigenvalue weighted by Crippen LogP contribution is 2.18.